The number of amides is 1. The number of piperidine rings is 1. The molecular formula is C34H33F2N5O3. The van der Waals surface area contributed by atoms with Crippen LogP contribution in [-0.2, 0) is 13.6 Å². The molecule has 44 heavy (non-hydrogen) atoms. The molecule has 3 fully saturated rings. The number of rotatable bonds is 6. The molecule has 0 unspecified atom stereocenters. The highest BCUT2D eigenvalue weighted by Crippen LogP contribution is 2.41. The van der Waals surface area contributed by atoms with Crippen molar-refractivity contribution in [2.24, 2.45) is 24.6 Å². The van der Waals surface area contributed by atoms with Gasteiger partial charge in [0, 0.05) is 60.8 Å². The van der Waals surface area contributed by atoms with E-state index >= 15 is 0 Å². The number of carbonyl (C=O) groups is 1. The van der Waals surface area contributed by atoms with Gasteiger partial charge in [0.15, 0.2) is 5.82 Å². The molecule has 3 aromatic carbocycles. The van der Waals surface area contributed by atoms with Crippen LogP contribution in [0.3, 0.4) is 0 Å². The van der Waals surface area contributed by atoms with E-state index in [-0.39, 0.29) is 23.6 Å². The van der Waals surface area contributed by atoms with Crippen molar-refractivity contribution < 1.29 is 23.4 Å². The zero-order valence-electron chi connectivity index (χ0n) is 24.6. The van der Waals surface area contributed by atoms with Crippen LogP contribution < -0.4 is 10.5 Å². The zero-order chi connectivity index (χ0) is 30.4. The monoisotopic (exact) mass is 597 g/mol. The lowest BCUT2D eigenvalue weighted by atomic mass is 10.0. The number of nitrogens with zero attached hydrogens (tertiary/aromatic N) is 4. The summed E-state index contributed by atoms with van der Waals surface area (Å²) in [7, 11) is 3.52. The number of phenolic OH excluding ortho intramolecular Hbond substituents is 1. The van der Waals surface area contributed by atoms with Crippen LogP contribution in [-0.4, -0.2) is 55.8 Å². The van der Waals surface area contributed by atoms with E-state index in [9.17, 15) is 18.7 Å². The summed E-state index contributed by atoms with van der Waals surface area (Å²) >= 11 is 0. The lowest BCUT2D eigenvalue weighted by Gasteiger charge is -2.27. The van der Waals surface area contributed by atoms with Crippen molar-refractivity contribution in [2.75, 3.05) is 13.7 Å². The fourth-order valence-corrected chi connectivity index (χ4v) is 7.45. The van der Waals surface area contributed by atoms with Gasteiger partial charge in [-0.1, -0.05) is 12.1 Å². The smallest absolute Gasteiger partial charge is 0.254 e. The van der Waals surface area contributed by atoms with E-state index < -0.39 is 17.4 Å². The summed E-state index contributed by atoms with van der Waals surface area (Å²) in [6.07, 6.45) is 4.23. The van der Waals surface area contributed by atoms with Crippen LogP contribution in [0.25, 0.3) is 44.6 Å². The highest BCUT2D eigenvalue weighted by Gasteiger charge is 2.47. The zero-order valence-corrected chi connectivity index (χ0v) is 24.6. The quantitative estimate of drug-likeness (QED) is 0.257. The fraction of sp³-hybridized carbons (Fsp3) is 0.353. The molecule has 3 aliphatic rings. The Morgan fingerprint density at radius 2 is 1.84 bits per heavy atom. The van der Waals surface area contributed by atoms with Crippen LogP contribution in [0.4, 0.5) is 8.78 Å². The molecule has 0 radical (unpaired) electrons. The number of hydrogen-bond donors (Lipinski definition) is 2. The van der Waals surface area contributed by atoms with Crippen LogP contribution in [0, 0.1) is 23.5 Å². The van der Waals surface area contributed by atoms with E-state index in [1.165, 1.54) is 0 Å². The summed E-state index contributed by atoms with van der Waals surface area (Å²) in [6.45, 7) is 1.42. The Balaban J connectivity index is 1.25. The normalized spacial score (nSPS) is 21.2. The van der Waals surface area contributed by atoms with E-state index in [4.69, 9.17) is 15.5 Å². The Morgan fingerprint density at radius 1 is 1.07 bits per heavy atom. The average Bonchev–Trinajstić information content (AvgIpc) is 3.40. The van der Waals surface area contributed by atoms with E-state index in [0.29, 0.717) is 46.6 Å². The number of ether oxygens (including phenoxy) is 1. The number of fused-ring (bicyclic) bond motifs is 4. The number of nitrogens with two attached hydrogens (primary N) is 1. The van der Waals surface area contributed by atoms with Crippen molar-refractivity contribution in [2.45, 2.75) is 44.3 Å². The molecule has 226 valence electrons. The molecule has 1 saturated heterocycles. The van der Waals surface area contributed by atoms with Gasteiger partial charge >= 0.3 is 0 Å². The number of benzene rings is 3. The van der Waals surface area contributed by atoms with Crippen LogP contribution in [0.1, 0.15) is 36.0 Å². The third-order valence-electron chi connectivity index (χ3n) is 9.90. The maximum Gasteiger partial charge on any atom is 0.254 e. The highest BCUT2D eigenvalue weighted by molar-refractivity contribution is 6.00. The Labute approximate surface area is 252 Å². The predicted octanol–water partition coefficient (Wildman–Crippen LogP) is 5.83. The Hall–Kier alpha value is -4.44. The standard InChI is InChI=1S/C34H33F2N5O3/c1-39-32-25(9-21(12-29(32)44-2)34(43)41-16-20-7-8-26(41)31(20)37)38-33(39)28-10-18-5-6-19(11-27(18)40(28)15-17-3-4-17)30-23(35)13-22(42)14-24(30)36/h5-6,9-14,17,20,26,31,42H,3-4,7-8,15-16,37H2,1-2H3/t20-,26-,31-/m1/s1. The third-order valence-corrected chi connectivity index (χ3v) is 9.90. The molecule has 2 aromatic heterocycles. The van der Waals surface area contributed by atoms with Gasteiger partial charge in [-0.05, 0) is 67.3 Å². The minimum absolute atomic E-state index is 0.0296. The third kappa shape index (κ3) is 4.11. The molecule has 8 rings (SSSR count). The van der Waals surface area contributed by atoms with E-state index in [1.54, 1.807) is 25.3 Å². The molecule has 8 nitrogen and oxygen atoms in total. The summed E-state index contributed by atoms with van der Waals surface area (Å²) in [5, 5.41) is 10.6. The molecule has 1 aliphatic heterocycles. The van der Waals surface area contributed by atoms with Crippen molar-refractivity contribution in [3.05, 3.63) is 65.7 Å². The SMILES string of the molecule is COc1cc(C(=O)N2C[C@H]3CC[C@@H]2[C@@H]3N)cc2nc(-c3cc4ccc(-c5c(F)cc(O)cc5F)cc4n3CC3CC3)n(C)c12. The molecule has 2 aliphatic carbocycles. The summed E-state index contributed by atoms with van der Waals surface area (Å²) in [5.74, 6) is -0.0287. The van der Waals surface area contributed by atoms with Gasteiger partial charge in [-0.3, -0.25) is 4.79 Å². The number of imidazole rings is 1. The second-order valence-corrected chi connectivity index (χ2v) is 12.6. The number of phenols is 1. The summed E-state index contributed by atoms with van der Waals surface area (Å²) in [4.78, 5) is 20.6. The maximum absolute atomic E-state index is 14.8. The number of aromatic nitrogens is 3. The summed E-state index contributed by atoms with van der Waals surface area (Å²) in [6, 6.07) is 13.0. The van der Waals surface area contributed by atoms with Gasteiger partial charge in [-0.2, -0.15) is 0 Å². The van der Waals surface area contributed by atoms with Crippen LogP contribution in [0.5, 0.6) is 11.5 Å². The van der Waals surface area contributed by atoms with Gasteiger partial charge in [0.1, 0.15) is 28.7 Å². The highest BCUT2D eigenvalue weighted by atomic mass is 19.1. The molecular weight excluding hydrogens is 564 g/mol. The lowest BCUT2D eigenvalue weighted by molar-refractivity contribution is 0.0700. The van der Waals surface area contributed by atoms with E-state index in [0.717, 1.165) is 66.5 Å². The number of likely N-dealkylation sites (tertiary alicyclic amines) is 1. The maximum atomic E-state index is 14.8. The van der Waals surface area contributed by atoms with Crippen LogP contribution in [0.15, 0.2) is 48.5 Å². The Morgan fingerprint density at radius 3 is 2.50 bits per heavy atom. The van der Waals surface area contributed by atoms with Crippen LogP contribution >= 0.6 is 0 Å². The van der Waals surface area contributed by atoms with Gasteiger partial charge < -0.3 is 29.6 Å². The van der Waals surface area contributed by atoms with Crippen LogP contribution in [0.2, 0.25) is 0 Å². The Bertz CT molecular complexity index is 1970. The van der Waals surface area contributed by atoms with Gasteiger partial charge in [0.05, 0.1) is 23.9 Å². The van der Waals surface area contributed by atoms with Crippen molar-refractivity contribution >= 4 is 27.8 Å². The van der Waals surface area contributed by atoms with Crippen molar-refractivity contribution in [1.82, 2.24) is 19.0 Å². The van der Waals surface area contributed by atoms with E-state index in [1.807, 2.05) is 34.7 Å². The first kappa shape index (κ1) is 27.1. The van der Waals surface area contributed by atoms with Gasteiger partial charge in [-0.15, -0.1) is 0 Å². The molecule has 1 amide bonds. The largest absolute Gasteiger partial charge is 0.508 e. The second kappa shape index (κ2) is 9.79. The average molecular weight is 598 g/mol. The summed E-state index contributed by atoms with van der Waals surface area (Å²) in [5.41, 5.74) is 10.3. The first-order chi connectivity index (χ1) is 21.2. The molecule has 0 spiro atoms. The van der Waals surface area contributed by atoms with Crippen molar-refractivity contribution in [1.29, 1.82) is 0 Å². The molecule has 3 atom stereocenters. The molecule has 2 bridgehead atoms. The number of aryl methyl sites for hydroxylation is 1. The number of aromatic hydroxyl groups is 1. The molecule has 5 aromatic rings. The first-order valence-electron chi connectivity index (χ1n) is 15.1. The number of carbonyl (C=O) groups excluding carboxylic acids is 1. The Kier molecular flexibility index (Phi) is 6.03. The predicted molar refractivity (Wildman–Crippen MR) is 163 cm³/mol. The molecule has 3 N–H and O–H groups in total. The fourth-order valence-electron chi connectivity index (χ4n) is 7.45. The molecule has 10 heteroatoms. The van der Waals surface area contributed by atoms with Crippen molar-refractivity contribution in [3.8, 4) is 34.1 Å². The van der Waals surface area contributed by atoms with Gasteiger partial charge in [0.25, 0.3) is 5.91 Å². The number of halogens is 2. The second-order valence-electron chi connectivity index (χ2n) is 12.6. The summed E-state index contributed by atoms with van der Waals surface area (Å²) < 4.78 is 39.6. The number of hydrogen-bond acceptors (Lipinski definition) is 5. The topological polar surface area (TPSA) is 98.5 Å². The minimum Gasteiger partial charge on any atom is -0.508 e. The number of methoxy groups -OCH3 is 1. The first-order valence-corrected chi connectivity index (χ1v) is 15.1. The molecule has 2 saturated carbocycles. The van der Waals surface area contributed by atoms with Gasteiger partial charge in [-0.25, -0.2) is 13.8 Å². The molecule has 3 heterocycles. The lowest BCUT2D eigenvalue weighted by Crippen LogP contribution is -2.41. The van der Waals surface area contributed by atoms with Crippen molar-refractivity contribution in [3.63, 3.8) is 0 Å². The van der Waals surface area contributed by atoms with Gasteiger partial charge in [0.2, 0.25) is 0 Å². The van der Waals surface area contributed by atoms with E-state index in [2.05, 4.69) is 4.57 Å². The minimum atomic E-state index is -0.820.